The smallest absolute Gasteiger partial charge is 0.238 e. The van der Waals surface area contributed by atoms with E-state index in [9.17, 15) is 4.79 Å². The molecular weight excluding hydrogens is 250 g/mol. The van der Waals surface area contributed by atoms with Gasteiger partial charge in [-0.05, 0) is 44.4 Å². The number of hydrogen-bond acceptors (Lipinski definition) is 3. The standard InChI is InChI=1S/C16H19N3O/c1-16(2)11-8-12(17)13(18)9-14(11)19(15(16)20)7-3-4-10-5-6-10/h8-10H,5-7,17-18H2,1-2H3. The van der Waals surface area contributed by atoms with Gasteiger partial charge in [-0.15, -0.1) is 0 Å². The van der Waals surface area contributed by atoms with Crippen molar-refractivity contribution >= 4 is 23.0 Å². The highest BCUT2D eigenvalue weighted by molar-refractivity contribution is 6.09. The second kappa shape index (κ2) is 4.17. The number of amides is 1. The summed E-state index contributed by atoms with van der Waals surface area (Å²) in [6.07, 6.45) is 2.37. The van der Waals surface area contributed by atoms with Gasteiger partial charge in [-0.25, -0.2) is 0 Å². The van der Waals surface area contributed by atoms with Gasteiger partial charge in [0.1, 0.15) is 0 Å². The van der Waals surface area contributed by atoms with Crippen molar-refractivity contribution in [1.82, 2.24) is 0 Å². The van der Waals surface area contributed by atoms with Crippen LogP contribution in [-0.4, -0.2) is 12.5 Å². The molecule has 20 heavy (non-hydrogen) atoms. The molecule has 1 aromatic carbocycles. The molecule has 2 aliphatic rings. The first-order chi connectivity index (χ1) is 9.41. The molecule has 1 aliphatic carbocycles. The molecular formula is C16H19N3O. The molecule has 1 aliphatic heterocycles. The number of benzene rings is 1. The molecule has 4 heteroatoms. The number of carbonyl (C=O) groups is 1. The summed E-state index contributed by atoms with van der Waals surface area (Å²) in [5.74, 6) is 6.90. The Kier molecular flexibility index (Phi) is 2.68. The fourth-order valence-corrected chi connectivity index (χ4v) is 2.56. The molecule has 1 aromatic rings. The van der Waals surface area contributed by atoms with Gasteiger partial charge < -0.3 is 11.5 Å². The van der Waals surface area contributed by atoms with E-state index in [0.29, 0.717) is 23.8 Å². The van der Waals surface area contributed by atoms with Gasteiger partial charge in [-0.1, -0.05) is 11.8 Å². The maximum Gasteiger partial charge on any atom is 0.238 e. The van der Waals surface area contributed by atoms with E-state index in [4.69, 9.17) is 11.5 Å². The highest BCUT2D eigenvalue weighted by atomic mass is 16.2. The van der Waals surface area contributed by atoms with Gasteiger partial charge in [0.15, 0.2) is 0 Å². The first-order valence-electron chi connectivity index (χ1n) is 6.91. The van der Waals surface area contributed by atoms with Crippen LogP contribution in [0.2, 0.25) is 0 Å². The molecule has 0 saturated heterocycles. The van der Waals surface area contributed by atoms with E-state index in [2.05, 4.69) is 11.8 Å². The molecule has 0 spiro atoms. The zero-order chi connectivity index (χ0) is 14.5. The molecule has 0 atom stereocenters. The maximum absolute atomic E-state index is 12.6. The lowest BCUT2D eigenvalue weighted by Crippen LogP contribution is -2.36. The van der Waals surface area contributed by atoms with Crippen molar-refractivity contribution in [3.8, 4) is 11.8 Å². The Morgan fingerprint density at radius 2 is 1.95 bits per heavy atom. The minimum atomic E-state index is -0.571. The monoisotopic (exact) mass is 269 g/mol. The molecule has 0 bridgehead atoms. The topological polar surface area (TPSA) is 72.3 Å². The van der Waals surface area contributed by atoms with Gasteiger partial charge in [0.2, 0.25) is 5.91 Å². The zero-order valence-corrected chi connectivity index (χ0v) is 11.9. The van der Waals surface area contributed by atoms with Crippen LogP contribution in [0.4, 0.5) is 17.1 Å². The summed E-state index contributed by atoms with van der Waals surface area (Å²) in [5.41, 5.74) is 14.0. The van der Waals surface area contributed by atoms with Gasteiger partial charge in [0, 0.05) is 5.92 Å². The first-order valence-corrected chi connectivity index (χ1v) is 6.91. The normalized spacial score (nSPS) is 19.5. The van der Waals surface area contributed by atoms with E-state index in [0.717, 1.165) is 11.3 Å². The van der Waals surface area contributed by atoms with Crippen LogP contribution in [0.5, 0.6) is 0 Å². The maximum atomic E-state index is 12.6. The Balaban J connectivity index is 1.99. The third-order valence-corrected chi connectivity index (χ3v) is 4.07. The number of hydrogen-bond donors (Lipinski definition) is 2. The summed E-state index contributed by atoms with van der Waals surface area (Å²) in [6.45, 7) is 4.26. The van der Waals surface area contributed by atoms with E-state index >= 15 is 0 Å². The summed E-state index contributed by atoms with van der Waals surface area (Å²) in [7, 11) is 0. The van der Waals surface area contributed by atoms with Crippen molar-refractivity contribution in [3.05, 3.63) is 17.7 Å². The lowest BCUT2D eigenvalue weighted by atomic mass is 9.86. The Morgan fingerprint density at radius 1 is 1.30 bits per heavy atom. The van der Waals surface area contributed by atoms with E-state index in [1.54, 1.807) is 11.0 Å². The van der Waals surface area contributed by atoms with Gasteiger partial charge in [-0.2, -0.15) is 0 Å². The van der Waals surface area contributed by atoms with E-state index < -0.39 is 5.41 Å². The molecule has 4 nitrogen and oxygen atoms in total. The highest BCUT2D eigenvalue weighted by Crippen LogP contribution is 2.44. The average Bonchev–Trinajstić information content (AvgIpc) is 3.18. The second-order valence-electron chi connectivity index (χ2n) is 6.11. The van der Waals surface area contributed by atoms with Crippen molar-refractivity contribution in [2.75, 3.05) is 22.9 Å². The summed E-state index contributed by atoms with van der Waals surface area (Å²) >= 11 is 0. The Labute approximate surface area is 119 Å². The van der Waals surface area contributed by atoms with Gasteiger partial charge in [-0.3, -0.25) is 9.69 Å². The van der Waals surface area contributed by atoms with Crippen molar-refractivity contribution in [3.63, 3.8) is 0 Å². The fraction of sp³-hybridized carbons (Fsp3) is 0.438. The van der Waals surface area contributed by atoms with Crippen molar-refractivity contribution in [2.45, 2.75) is 32.1 Å². The minimum absolute atomic E-state index is 0.0580. The molecule has 0 unspecified atom stereocenters. The second-order valence-corrected chi connectivity index (χ2v) is 6.11. The van der Waals surface area contributed by atoms with Crippen LogP contribution in [0.15, 0.2) is 12.1 Å². The Bertz CT molecular complexity index is 648. The van der Waals surface area contributed by atoms with E-state index in [-0.39, 0.29) is 5.91 Å². The van der Waals surface area contributed by atoms with Crippen molar-refractivity contribution < 1.29 is 4.79 Å². The summed E-state index contributed by atoms with van der Waals surface area (Å²) < 4.78 is 0. The fourth-order valence-electron chi connectivity index (χ4n) is 2.56. The number of nitrogen functional groups attached to an aromatic ring is 2. The molecule has 3 rings (SSSR count). The molecule has 4 N–H and O–H groups in total. The number of nitrogens with two attached hydrogens (primary N) is 2. The number of anilines is 3. The zero-order valence-electron chi connectivity index (χ0n) is 11.9. The van der Waals surface area contributed by atoms with Crippen LogP contribution in [0, 0.1) is 17.8 Å². The van der Waals surface area contributed by atoms with Crippen LogP contribution in [0.3, 0.4) is 0 Å². The lowest BCUT2D eigenvalue weighted by molar-refractivity contribution is -0.121. The highest BCUT2D eigenvalue weighted by Gasteiger charge is 2.43. The summed E-state index contributed by atoms with van der Waals surface area (Å²) in [6, 6.07) is 3.60. The third kappa shape index (κ3) is 1.90. The van der Waals surface area contributed by atoms with Crippen LogP contribution in [0.1, 0.15) is 32.3 Å². The van der Waals surface area contributed by atoms with E-state index in [1.165, 1.54) is 12.8 Å². The lowest BCUT2D eigenvalue weighted by Gasteiger charge is -2.18. The summed E-state index contributed by atoms with van der Waals surface area (Å²) in [5, 5.41) is 0. The molecule has 104 valence electrons. The SMILES string of the molecule is CC1(C)C(=O)N(CC#CC2CC2)c2cc(N)c(N)cc21. The number of carbonyl (C=O) groups excluding carboxylic acids is 1. The van der Waals surface area contributed by atoms with Crippen molar-refractivity contribution in [1.29, 1.82) is 0 Å². The largest absolute Gasteiger partial charge is 0.397 e. The van der Waals surface area contributed by atoms with Gasteiger partial charge in [0.25, 0.3) is 0 Å². The summed E-state index contributed by atoms with van der Waals surface area (Å²) in [4.78, 5) is 14.3. The van der Waals surface area contributed by atoms with Crippen LogP contribution >= 0.6 is 0 Å². The molecule has 1 amide bonds. The van der Waals surface area contributed by atoms with Crippen molar-refractivity contribution in [2.24, 2.45) is 5.92 Å². The predicted octanol–water partition coefficient (Wildman–Crippen LogP) is 1.89. The molecule has 0 radical (unpaired) electrons. The van der Waals surface area contributed by atoms with E-state index in [1.807, 2.05) is 19.9 Å². The molecule has 1 fully saturated rings. The predicted molar refractivity (Wildman–Crippen MR) is 81.1 cm³/mol. The molecule has 0 aromatic heterocycles. The van der Waals surface area contributed by atoms with Crippen LogP contribution in [-0.2, 0) is 10.2 Å². The quantitative estimate of drug-likeness (QED) is 0.604. The number of nitrogens with zero attached hydrogens (tertiary/aromatic N) is 1. The molecule has 1 saturated carbocycles. The number of rotatable bonds is 1. The van der Waals surface area contributed by atoms with Gasteiger partial charge >= 0.3 is 0 Å². The van der Waals surface area contributed by atoms with Crippen LogP contribution < -0.4 is 16.4 Å². The minimum Gasteiger partial charge on any atom is -0.397 e. The Hall–Kier alpha value is -2.15. The third-order valence-electron chi connectivity index (χ3n) is 4.07. The van der Waals surface area contributed by atoms with Gasteiger partial charge in [0.05, 0.1) is 29.0 Å². The molecule has 1 heterocycles. The van der Waals surface area contributed by atoms with Crippen LogP contribution in [0.25, 0.3) is 0 Å². The Morgan fingerprint density at radius 3 is 2.60 bits per heavy atom. The first kappa shape index (κ1) is 12.9. The number of fused-ring (bicyclic) bond motifs is 1. The average molecular weight is 269 g/mol.